The molecule has 1 heterocycles. The van der Waals surface area contributed by atoms with E-state index in [0.29, 0.717) is 17.8 Å². The fraction of sp³-hybridized carbons (Fsp3) is 0.500. The van der Waals surface area contributed by atoms with Crippen molar-refractivity contribution in [3.63, 3.8) is 0 Å². The van der Waals surface area contributed by atoms with Gasteiger partial charge in [0.15, 0.2) is 0 Å². The molecule has 104 valence electrons. The fourth-order valence-corrected chi connectivity index (χ4v) is 2.51. The van der Waals surface area contributed by atoms with Crippen molar-refractivity contribution < 1.29 is 14.3 Å². The molecule has 1 aliphatic heterocycles. The summed E-state index contributed by atoms with van der Waals surface area (Å²) in [5.74, 6) is -0.481. The number of carbonyl (C=O) groups is 1. The second-order valence-corrected chi connectivity index (χ2v) is 4.85. The molecule has 0 radical (unpaired) electrons. The minimum Gasteiger partial charge on any atom is -0.389 e. The van der Waals surface area contributed by atoms with Gasteiger partial charge < -0.3 is 15.3 Å². The van der Waals surface area contributed by atoms with E-state index in [9.17, 15) is 14.3 Å². The summed E-state index contributed by atoms with van der Waals surface area (Å²) >= 11 is 0. The molecule has 1 amide bonds. The molecule has 1 aromatic rings. The minimum atomic E-state index is -0.697. The Balaban J connectivity index is 2.28. The summed E-state index contributed by atoms with van der Waals surface area (Å²) in [7, 11) is 1.59. The second-order valence-electron chi connectivity index (χ2n) is 4.85. The Hall–Kier alpha value is -1.62. The highest BCUT2D eigenvalue weighted by Gasteiger charge is 2.31. The van der Waals surface area contributed by atoms with Crippen LogP contribution in [0.1, 0.15) is 31.4 Å². The van der Waals surface area contributed by atoms with Gasteiger partial charge in [-0.25, -0.2) is 4.39 Å². The van der Waals surface area contributed by atoms with Gasteiger partial charge >= 0.3 is 0 Å². The summed E-state index contributed by atoms with van der Waals surface area (Å²) in [6, 6.07) is 4.36. The van der Waals surface area contributed by atoms with Gasteiger partial charge in [-0.2, -0.15) is 0 Å². The number of anilines is 1. The van der Waals surface area contributed by atoms with E-state index in [2.05, 4.69) is 5.32 Å². The van der Waals surface area contributed by atoms with Gasteiger partial charge in [0.1, 0.15) is 11.9 Å². The summed E-state index contributed by atoms with van der Waals surface area (Å²) in [5.41, 5.74) is 0.965. The molecule has 4 nitrogen and oxygen atoms in total. The lowest BCUT2D eigenvalue weighted by atomic mass is 10.1. The zero-order valence-corrected chi connectivity index (χ0v) is 11.2. The molecule has 2 atom stereocenters. The highest BCUT2D eigenvalue weighted by atomic mass is 19.1. The molecule has 1 aliphatic rings. The first-order valence-corrected chi connectivity index (χ1v) is 6.50. The Kier molecular flexibility index (Phi) is 4.04. The molecule has 0 bridgehead atoms. The fourth-order valence-electron chi connectivity index (χ4n) is 2.51. The average molecular weight is 266 g/mol. The van der Waals surface area contributed by atoms with Crippen LogP contribution in [-0.2, 0) is 4.79 Å². The zero-order valence-electron chi connectivity index (χ0n) is 11.2. The maximum absolute atomic E-state index is 14.1. The van der Waals surface area contributed by atoms with Crippen LogP contribution in [0, 0.1) is 5.82 Å². The van der Waals surface area contributed by atoms with E-state index in [0.717, 1.165) is 12.8 Å². The first-order chi connectivity index (χ1) is 9.04. The number of aliphatic hydroxyl groups excluding tert-OH is 1. The number of hydrogen-bond donors (Lipinski definition) is 2. The van der Waals surface area contributed by atoms with Crippen LogP contribution < -0.4 is 10.2 Å². The predicted molar refractivity (Wildman–Crippen MR) is 71.5 cm³/mol. The second kappa shape index (κ2) is 5.57. The van der Waals surface area contributed by atoms with Gasteiger partial charge in [-0.1, -0.05) is 6.07 Å². The molecule has 0 aromatic heterocycles. The molecular weight excluding hydrogens is 247 g/mol. The molecular formula is C14H19FN2O2. The summed E-state index contributed by atoms with van der Waals surface area (Å²) in [4.78, 5) is 13.6. The Morgan fingerprint density at radius 3 is 2.89 bits per heavy atom. The van der Waals surface area contributed by atoms with Crippen molar-refractivity contribution in [2.75, 3.05) is 18.5 Å². The van der Waals surface area contributed by atoms with E-state index in [4.69, 9.17) is 0 Å². The highest BCUT2D eigenvalue weighted by Crippen LogP contribution is 2.29. The van der Waals surface area contributed by atoms with Crippen molar-refractivity contribution in [1.82, 2.24) is 5.32 Å². The molecule has 1 aromatic carbocycles. The Morgan fingerprint density at radius 1 is 1.58 bits per heavy atom. The van der Waals surface area contributed by atoms with E-state index < -0.39 is 11.9 Å². The number of benzene rings is 1. The number of amides is 1. The number of nitrogens with one attached hydrogen (secondary N) is 1. The van der Waals surface area contributed by atoms with Crippen LogP contribution in [0.5, 0.6) is 0 Å². The Bertz CT molecular complexity index is 477. The maximum atomic E-state index is 14.1. The van der Waals surface area contributed by atoms with Gasteiger partial charge in [-0.05, 0) is 37.5 Å². The van der Waals surface area contributed by atoms with E-state index in [1.807, 2.05) is 0 Å². The highest BCUT2D eigenvalue weighted by molar-refractivity contribution is 5.85. The number of carbonyl (C=O) groups excluding carboxylic acids is 1. The Morgan fingerprint density at radius 2 is 2.32 bits per heavy atom. The van der Waals surface area contributed by atoms with Gasteiger partial charge in [0.2, 0.25) is 5.91 Å². The first-order valence-electron chi connectivity index (χ1n) is 6.50. The topological polar surface area (TPSA) is 52.6 Å². The predicted octanol–water partition coefficient (Wildman–Crippen LogP) is 1.59. The third-order valence-corrected chi connectivity index (χ3v) is 3.57. The van der Waals surface area contributed by atoms with Crippen molar-refractivity contribution >= 4 is 11.6 Å². The summed E-state index contributed by atoms with van der Waals surface area (Å²) in [6.07, 6.45) is 0.907. The first kappa shape index (κ1) is 13.8. The van der Waals surface area contributed by atoms with Crippen LogP contribution in [0.3, 0.4) is 0 Å². The van der Waals surface area contributed by atoms with E-state index in [-0.39, 0.29) is 11.9 Å². The normalized spacial score (nSPS) is 20.4. The van der Waals surface area contributed by atoms with Crippen LogP contribution >= 0.6 is 0 Å². The average Bonchev–Trinajstić information content (AvgIpc) is 2.86. The number of rotatable bonds is 3. The third kappa shape index (κ3) is 2.71. The SMILES string of the molecule is CNC(=O)C1CCCN1c1ccc(C(C)O)cc1F. The lowest BCUT2D eigenvalue weighted by molar-refractivity contribution is -0.121. The smallest absolute Gasteiger partial charge is 0.242 e. The van der Waals surface area contributed by atoms with Crippen molar-refractivity contribution in [3.05, 3.63) is 29.6 Å². The van der Waals surface area contributed by atoms with Gasteiger partial charge in [-0.3, -0.25) is 4.79 Å². The summed E-state index contributed by atoms with van der Waals surface area (Å²) in [6.45, 7) is 2.26. The summed E-state index contributed by atoms with van der Waals surface area (Å²) < 4.78 is 14.1. The van der Waals surface area contributed by atoms with Crippen LogP contribution in [0.4, 0.5) is 10.1 Å². The van der Waals surface area contributed by atoms with Crippen LogP contribution in [0.2, 0.25) is 0 Å². The van der Waals surface area contributed by atoms with Gasteiger partial charge in [-0.15, -0.1) is 0 Å². The van der Waals surface area contributed by atoms with Crippen molar-refractivity contribution in [2.24, 2.45) is 0 Å². The lowest BCUT2D eigenvalue weighted by Gasteiger charge is -2.26. The van der Waals surface area contributed by atoms with Crippen LogP contribution in [-0.4, -0.2) is 30.6 Å². The molecule has 0 spiro atoms. The number of likely N-dealkylation sites (N-methyl/N-ethyl adjacent to an activating group) is 1. The third-order valence-electron chi connectivity index (χ3n) is 3.57. The molecule has 0 aliphatic carbocycles. The number of nitrogens with zero attached hydrogens (tertiary/aromatic N) is 1. The van der Waals surface area contributed by atoms with E-state index in [1.54, 1.807) is 31.0 Å². The molecule has 19 heavy (non-hydrogen) atoms. The van der Waals surface area contributed by atoms with E-state index >= 15 is 0 Å². The molecule has 2 unspecified atom stereocenters. The number of aliphatic hydroxyl groups is 1. The van der Waals surface area contributed by atoms with Crippen LogP contribution in [0.15, 0.2) is 18.2 Å². The largest absolute Gasteiger partial charge is 0.389 e. The molecule has 2 rings (SSSR count). The molecule has 5 heteroatoms. The van der Waals surface area contributed by atoms with Crippen molar-refractivity contribution in [3.8, 4) is 0 Å². The van der Waals surface area contributed by atoms with Crippen molar-refractivity contribution in [1.29, 1.82) is 0 Å². The zero-order chi connectivity index (χ0) is 14.0. The van der Waals surface area contributed by atoms with Gasteiger partial charge in [0.05, 0.1) is 11.8 Å². The molecule has 0 saturated carbocycles. The quantitative estimate of drug-likeness (QED) is 0.873. The Labute approximate surface area is 112 Å². The molecule has 1 fully saturated rings. The standard InChI is InChI=1S/C14H19FN2O2/c1-9(18)10-5-6-12(11(15)8-10)17-7-3-4-13(17)14(19)16-2/h5-6,8-9,13,18H,3-4,7H2,1-2H3,(H,16,19). The van der Waals surface area contributed by atoms with Crippen molar-refractivity contribution in [2.45, 2.75) is 31.9 Å². The minimum absolute atomic E-state index is 0.0866. The molecule has 2 N–H and O–H groups in total. The lowest BCUT2D eigenvalue weighted by Crippen LogP contribution is -2.42. The maximum Gasteiger partial charge on any atom is 0.242 e. The molecule has 1 saturated heterocycles. The van der Waals surface area contributed by atoms with Gasteiger partial charge in [0.25, 0.3) is 0 Å². The van der Waals surface area contributed by atoms with Gasteiger partial charge in [0, 0.05) is 13.6 Å². The number of hydrogen-bond acceptors (Lipinski definition) is 3. The number of halogens is 1. The van der Waals surface area contributed by atoms with E-state index in [1.165, 1.54) is 6.07 Å². The monoisotopic (exact) mass is 266 g/mol. The van der Waals surface area contributed by atoms with Crippen LogP contribution in [0.25, 0.3) is 0 Å². The summed E-state index contributed by atoms with van der Waals surface area (Å²) in [5, 5.41) is 12.1.